The van der Waals surface area contributed by atoms with Crippen LogP contribution in [0.15, 0.2) is 218 Å². The van der Waals surface area contributed by atoms with Crippen LogP contribution in [0.4, 0.5) is 34.1 Å². The molecule has 2 nitrogen and oxygen atoms in total. The fourth-order valence-corrected chi connectivity index (χ4v) is 18.2. The molecule has 11 aromatic carbocycles. The van der Waals surface area contributed by atoms with Gasteiger partial charge in [-0.25, -0.2) is 0 Å². The molecule has 0 radical (unpaired) electrons. The molecule has 0 aliphatic heterocycles. The lowest BCUT2D eigenvalue weighted by Gasteiger charge is -2.33. The Balaban J connectivity index is 0.853. The van der Waals surface area contributed by atoms with E-state index in [2.05, 4.69) is 228 Å². The molecule has 6 aliphatic rings. The highest BCUT2D eigenvalue weighted by atomic mass is 15.1. The van der Waals surface area contributed by atoms with Crippen LogP contribution < -0.4 is 9.80 Å². The van der Waals surface area contributed by atoms with E-state index in [9.17, 15) is 0 Å². The highest BCUT2D eigenvalue weighted by Gasteiger charge is 2.54. The molecule has 1 spiro atoms. The largest absolute Gasteiger partial charge is 0.310 e. The van der Waals surface area contributed by atoms with Crippen LogP contribution in [0.2, 0.25) is 0 Å². The van der Waals surface area contributed by atoms with Gasteiger partial charge in [-0.2, -0.15) is 0 Å². The first-order valence-electron chi connectivity index (χ1n) is 33.9. The van der Waals surface area contributed by atoms with Crippen molar-refractivity contribution in [3.8, 4) is 22.3 Å². The third-order valence-corrected chi connectivity index (χ3v) is 22.4. The summed E-state index contributed by atoms with van der Waals surface area (Å²) < 4.78 is 0. The maximum Gasteiger partial charge on any atom is 0.0737 e. The van der Waals surface area contributed by atoms with Crippen molar-refractivity contribution in [1.29, 1.82) is 0 Å². The molecule has 4 saturated carbocycles. The Morgan fingerprint density at radius 3 is 1.06 bits per heavy atom. The average molecular weight is 1130 g/mol. The van der Waals surface area contributed by atoms with Gasteiger partial charge in [-0.15, -0.1) is 0 Å². The van der Waals surface area contributed by atoms with E-state index in [1.807, 2.05) is 0 Å². The molecule has 0 atom stereocenters. The minimum Gasteiger partial charge on any atom is -0.310 e. The highest BCUT2D eigenvalue weighted by molar-refractivity contribution is 6.22. The molecule has 0 aromatic heterocycles. The average Bonchev–Trinajstić information content (AvgIpc) is 1.50. The molecular formula is C85H80N2. The van der Waals surface area contributed by atoms with Crippen molar-refractivity contribution >= 4 is 66.4 Å². The lowest BCUT2D eigenvalue weighted by atomic mass is 9.68. The van der Waals surface area contributed by atoms with Crippen molar-refractivity contribution in [2.45, 2.75) is 158 Å². The predicted molar refractivity (Wildman–Crippen MR) is 368 cm³/mol. The second-order valence-corrected chi connectivity index (χ2v) is 27.1. The molecule has 87 heavy (non-hydrogen) atoms. The number of anilines is 6. The molecule has 2 heteroatoms. The third kappa shape index (κ3) is 8.92. The van der Waals surface area contributed by atoms with Crippen molar-refractivity contribution in [1.82, 2.24) is 0 Å². The van der Waals surface area contributed by atoms with Gasteiger partial charge in [0.05, 0.1) is 5.41 Å². The zero-order valence-corrected chi connectivity index (χ0v) is 50.6. The molecule has 0 unspecified atom stereocenters. The minimum absolute atomic E-state index is 0.587. The molecule has 6 aliphatic carbocycles. The maximum atomic E-state index is 2.55. The van der Waals surface area contributed by atoms with E-state index < -0.39 is 5.41 Å². The molecule has 4 fully saturated rings. The summed E-state index contributed by atoms with van der Waals surface area (Å²) in [6, 6.07) is 86.9. The predicted octanol–water partition coefficient (Wildman–Crippen LogP) is 24.6. The van der Waals surface area contributed by atoms with Gasteiger partial charge in [0.25, 0.3) is 0 Å². The van der Waals surface area contributed by atoms with Gasteiger partial charge in [0.2, 0.25) is 0 Å². The fraction of sp³-hybridized carbons (Fsp3) is 0.294. The van der Waals surface area contributed by atoms with Crippen LogP contribution >= 0.6 is 0 Å². The van der Waals surface area contributed by atoms with Gasteiger partial charge in [-0.1, -0.05) is 223 Å². The van der Waals surface area contributed by atoms with Gasteiger partial charge >= 0.3 is 0 Å². The SMILES string of the molecule is c1ccc2c(c1)-c1ccccc1C21c2c(ccc3cc(N(c4ccc(C5CCCCC5)cc4)c4ccc(C5CCCCC5)cc4)ccc23)-c2c1c1ccc(N(c3ccc(C4CCCCC4)cc3)c3ccc(C4CCCCC4)cc3)cc1c1ccccc21. The zero-order valence-electron chi connectivity index (χ0n) is 50.6. The highest BCUT2D eigenvalue weighted by Crippen LogP contribution is 2.67. The maximum absolute atomic E-state index is 2.55. The molecule has 0 saturated heterocycles. The van der Waals surface area contributed by atoms with Crippen LogP contribution in [-0.4, -0.2) is 0 Å². The summed E-state index contributed by atoms with van der Waals surface area (Å²) in [5.74, 6) is 2.63. The summed E-state index contributed by atoms with van der Waals surface area (Å²) in [6.45, 7) is 0. The first-order chi connectivity index (χ1) is 43.2. The van der Waals surface area contributed by atoms with E-state index in [4.69, 9.17) is 0 Å². The lowest BCUT2D eigenvalue weighted by Crippen LogP contribution is -2.26. The molecule has 17 rings (SSSR count). The third-order valence-electron chi connectivity index (χ3n) is 22.4. The van der Waals surface area contributed by atoms with Crippen LogP contribution in [0.3, 0.4) is 0 Å². The second kappa shape index (κ2) is 22.2. The summed E-state index contributed by atoms with van der Waals surface area (Å²) in [5.41, 5.74) is 23.5. The Kier molecular flexibility index (Phi) is 13.5. The molecule has 0 heterocycles. The van der Waals surface area contributed by atoms with Crippen molar-refractivity contribution in [3.05, 3.63) is 263 Å². The molecular weight excluding hydrogens is 1050 g/mol. The Hall–Kier alpha value is -8.20. The van der Waals surface area contributed by atoms with Gasteiger partial charge in [0.15, 0.2) is 0 Å². The molecule has 430 valence electrons. The first kappa shape index (κ1) is 53.1. The van der Waals surface area contributed by atoms with Gasteiger partial charge < -0.3 is 9.80 Å². The Morgan fingerprint density at radius 2 is 0.621 bits per heavy atom. The summed E-state index contributed by atoms with van der Waals surface area (Å²) in [4.78, 5) is 5.08. The summed E-state index contributed by atoms with van der Waals surface area (Å²) in [5, 5.41) is 7.80. The van der Waals surface area contributed by atoms with E-state index >= 15 is 0 Å². The van der Waals surface area contributed by atoms with E-state index in [0.717, 1.165) is 0 Å². The first-order valence-corrected chi connectivity index (χ1v) is 33.9. The van der Waals surface area contributed by atoms with Gasteiger partial charge in [-0.05, 0) is 247 Å². The number of hydrogen-bond donors (Lipinski definition) is 0. The van der Waals surface area contributed by atoms with E-state index in [0.29, 0.717) is 23.7 Å². The van der Waals surface area contributed by atoms with E-state index in [1.54, 1.807) is 0 Å². The van der Waals surface area contributed by atoms with Crippen LogP contribution in [0, 0.1) is 0 Å². The normalized spacial score (nSPS) is 17.8. The Morgan fingerprint density at radius 1 is 0.253 bits per heavy atom. The fourth-order valence-electron chi connectivity index (χ4n) is 18.2. The Bertz CT molecular complexity index is 4180. The number of hydrogen-bond acceptors (Lipinski definition) is 2. The summed E-state index contributed by atoms with van der Waals surface area (Å²) in [6.07, 6.45) is 26.6. The lowest BCUT2D eigenvalue weighted by molar-refractivity contribution is 0.443. The molecule has 0 bridgehead atoms. The number of rotatable bonds is 10. The van der Waals surface area contributed by atoms with Gasteiger partial charge in [-0.3, -0.25) is 0 Å². The minimum atomic E-state index is -0.587. The summed E-state index contributed by atoms with van der Waals surface area (Å²) in [7, 11) is 0. The zero-order chi connectivity index (χ0) is 57.4. The van der Waals surface area contributed by atoms with Crippen LogP contribution in [0.5, 0.6) is 0 Å². The Labute approximate surface area is 515 Å². The second-order valence-electron chi connectivity index (χ2n) is 27.1. The van der Waals surface area contributed by atoms with E-state index in [1.165, 1.54) is 262 Å². The van der Waals surface area contributed by atoms with Crippen LogP contribution in [0.1, 0.15) is 197 Å². The number of fused-ring (bicyclic) bond motifs is 17. The monoisotopic (exact) mass is 1130 g/mol. The van der Waals surface area contributed by atoms with E-state index in [-0.39, 0.29) is 0 Å². The molecule has 0 amide bonds. The number of nitrogens with zero attached hydrogens (tertiary/aromatic N) is 2. The van der Waals surface area contributed by atoms with Gasteiger partial charge in [0, 0.05) is 34.1 Å². The van der Waals surface area contributed by atoms with Crippen molar-refractivity contribution < 1.29 is 0 Å². The summed E-state index contributed by atoms with van der Waals surface area (Å²) >= 11 is 0. The topological polar surface area (TPSA) is 6.48 Å². The van der Waals surface area contributed by atoms with Crippen molar-refractivity contribution in [3.63, 3.8) is 0 Å². The van der Waals surface area contributed by atoms with Crippen molar-refractivity contribution in [2.24, 2.45) is 0 Å². The smallest absolute Gasteiger partial charge is 0.0737 e. The van der Waals surface area contributed by atoms with Crippen molar-refractivity contribution in [2.75, 3.05) is 9.80 Å². The van der Waals surface area contributed by atoms with Crippen LogP contribution in [-0.2, 0) is 5.41 Å². The van der Waals surface area contributed by atoms with Crippen LogP contribution in [0.25, 0.3) is 54.6 Å². The number of benzene rings is 11. The molecule has 0 N–H and O–H groups in total. The molecule has 11 aromatic rings. The quantitative estimate of drug-likeness (QED) is 0.126. The standard InChI is InChI=1S/C85H80N2/c1-5-19-57(20-6-1)61-33-42-66(43-34-61)86(67-44-35-62(36-45-67)58-21-7-2-8-22-58)70-50-53-72-65(55-70)41-52-78-82-76-30-14-13-27-73(76)79-56-71(51-54-77(79)84(82)85(83(72)78)80-31-17-15-28-74(80)75-29-16-18-32-81(75)85)87(68-46-37-63(38-47-68)59-23-9-3-10-24-59)69-48-39-64(40-49-69)60-25-11-4-12-26-60/h13-18,27-60H,1-12,19-26H2. The van der Waals surface area contributed by atoms with Gasteiger partial charge in [0.1, 0.15) is 0 Å².